The molecule has 1 saturated heterocycles. The molecule has 1 aliphatic rings. The van der Waals surface area contributed by atoms with Gasteiger partial charge in [-0.15, -0.1) is 12.4 Å². The largest absolute Gasteiger partial charge is 0.341 e. The predicted octanol–water partition coefficient (Wildman–Crippen LogP) is 3.61. The van der Waals surface area contributed by atoms with Gasteiger partial charge in [0.25, 0.3) is 0 Å². The zero-order valence-corrected chi connectivity index (χ0v) is 14.6. The summed E-state index contributed by atoms with van der Waals surface area (Å²) in [5.74, 6) is 0.442. The summed E-state index contributed by atoms with van der Waals surface area (Å²) < 4.78 is 0. The number of rotatable bonds is 3. The molecule has 4 heteroatoms. The molecule has 0 saturated carbocycles. The van der Waals surface area contributed by atoms with E-state index >= 15 is 0 Å². The summed E-state index contributed by atoms with van der Waals surface area (Å²) in [6.07, 6.45) is 1.89. The van der Waals surface area contributed by atoms with E-state index in [9.17, 15) is 4.79 Å². The highest BCUT2D eigenvalue weighted by atomic mass is 35.5. The van der Waals surface area contributed by atoms with Gasteiger partial charge in [-0.3, -0.25) is 4.79 Å². The minimum atomic E-state index is 0. The van der Waals surface area contributed by atoms with Gasteiger partial charge in [-0.2, -0.15) is 0 Å². The first-order valence-corrected chi connectivity index (χ1v) is 8.10. The maximum Gasteiger partial charge on any atom is 0.225 e. The van der Waals surface area contributed by atoms with Crippen molar-refractivity contribution in [1.29, 1.82) is 0 Å². The van der Waals surface area contributed by atoms with Gasteiger partial charge in [-0.05, 0) is 42.6 Å². The number of nitrogens with zero attached hydrogens (tertiary/aromatic N) is 1. The lowest BCUT2D eigenvalue weighted by molar-refractivity contribution is -0.135. The van der Waals surface area contributed by atoms with Crippen molar-refractivity contribution in [2.24, 2.45) is 5.92 Å². The summed E-state index contributed by atoms with van der Waals surface area (Å²) in [6.45, 7) is 3.78. The molecule has 0 spiro atoms. The minimum Gasteiger partial charge on any atom is -0.341 e. The molecule has 0 radical (unpaired) electrons. The Balaban J connectivity index is 0.00000192. The smallest absolute Gasteiger partial charge is 0.225 e. The lowest BCUT2D eigenvalue weighted by Gasteiger charge is -2.30. The van der Waals surface area contributed by atoms with Crippen LogP contribution in [-0.4, -0.2) is 30.4 Å². The van der Waals surface area contributed by atoms with Crippen molar-refractivity contribution in [2.75, 3.05) is 13.6 Å². The third-order valence-electron chi connectivity index (χ3n) is 4.64. The molecule has 3 nitrogen and oxygen atoms in total. The fraction of sp³-hybridized carbons (Fsp3) is 0.421. The van der Waals surface area contributed by atoms with E-state index in [0.29, 0.717) is 12.6 Å². The molecule has 1 amide bonds. The molecule has 0 aromatic heterocycles. The van der Waals surface area contributed by atoms with E-state index in [1.165, 1.54) is 16.3 Å². The van der Waals surface area contributed by atoms with Gasteiger partial charge in [-0.25, -0.2) is 0 Å². The maximum absolute atomic E-state index is 12.7. The Morgan fingerprint density at radius 2 is 1.96 bits per heavy atom. The first-order valence-electron chi connectivity index (χ1n) is 8.10. The number of carbonyl (C=O) groups excluding carboxylic acids is 1. The van der Waals surface area contributed by atoms with Crippen LogP contribution < -0.4 is 5.32 Å². The van der Waals surface area contributed by atoms with Gasteiger partial charge in [-0.1, -0.05) is 42.5 Å². The zero-order chi connectivity index (χ0) is 15.5. The van der Waals surface area contributed by atoms with Crippen molar-refractivity contribution in [2.45, 2.75) is 32.4 Å². The van der Waals surface area contributed by atoms with Crippen LogP contribution in [0.5, 0.6) is 0 Å². The van der Waals surface area contributed by atoms with Gasteiger partial charge in [0.1, 0.15) is 0 Å². The molecule has 1 fully saturated rings. The molecule has 1 aliphatic heterocycles. The summed E-state index contributed by atoms with van der Waals surface area (Å²) in [5, 5.41) is 5.88. The SMILES string of the molecule is C[C@H]1C[C@@H](C(=O)N(C)Cc2cccc3ccccc23)CCN1.Cl. The summed E-state index contributed by atoms with van der Waals surface area (Å²) in [6, 6.07) is 15.1. The van der Waals surface area contributed by atoms with Crippen LogP contribution in [-0.2, 0) is 11.3 Å². The summed E-state index contributed by atoms with van der Waals surface area (Å²) in [5.41, 5.74) is 1.22. The number of nitrogens with one attached hydrogen (secondary N) is 1. The fourth-order valence-corrected chi connectivity index (χ4v) is 3.43. The monoisotopic (exact) mass is 332 g/mol. The van der Waals surface area contributed by atoms with Crippen LogP contribution >= 0.6 is 12.4 Å². The number of hydrogen-bond donors (Lipinski definition) is 1. The number of fused-ring (bicyclic) bond motifs is 1. The third kappa shape index (κ3) is 4.04. The highest BCUT2D eigenvalue weighted by Gasteiger charge is 2.27. The van der Waals surface area contributed by atoms with Gasteiger partial charge < -0.3 is 10.2 Å². The topological polar surface area (TPSA) is 32.3 Å². The Bertz CT molecular complexity index is 668. The fourth-order valence-electron chi connectivity index (χ4n) is 3.43. The first-order chi connectivity index (χ1) is 10.6. The molecule has 1 heterocycles. The second kappa shape index (κ2) is 7.80. The highest BCUT2D eigenvalue weighted by Crippen LogP contribution is 2.22. The second-order valence-electron chi connectivity index (χ2n) is 6.41. The van der Waals surface area contributed by atoms with Crippen molar-refractivity contribution in [3.05, 3.63) is 48.0 Å². The average molecular weight is 333 g/mol. The lowest BCUT2D eigenvalue weighted by atomic mass is 9.92. The quantitative estimate of drug-likeness (QED) is 0.931. The number of halogens is 1. The number of amides is 1. The van der Waals surface area contributed by atoms with Gasteiger partial charge in [0, 0.05) is 25.6 Å². The predicted molar refractivity (Wildman–Crippen MR) is 97.9 cm³/mol. The number of benzene rings is 2. The molecule has 3 rings (SSSR count). The van der Waals surface area contributed by atoms with Crippen LogP contribution in [0.25, 0.3) is 10.8 Å². The number of carbonyl (C=O) groups is 1. The maximum atomic E-state index is 12.7. The zero-order valence-electron chi connectivity index (χ0n) is 13.8. The van der Waals surface area contributed by atoms with Crippen molar-refractivity contribution in [3.63, 3.8) is 0 Å². The molecule has 2 aromatic rings. The molecule has 0 aliphatic carbocycles. The molecule has 23 heavy (non-hydrogen) atoms. The van der Waals surface area contributed by atoms with Crippen LogP contribution in [0.3, 0.4) is 0 Å². The Morgan fingerprint density at radius 3 is 2.74 bits per heavy atom. The van der Waals surface area contributed by atoms with Crippen LogP contribution in [0.15, 0.2) is 42.5 Å². The molecule has 1 N–H and O–H groups in total. The van der Waals surface area contributed by atoms with Gasteiger partial charge >= 0.3 is 0 Å². The standard InChI is InChI=1S/C19H24N2O.ClH/c1-14-12-16(10-11-20-14)19(22)21(2)13-17-8-5-7-15-6-3-4-9-18(15)17;/h3-9,14,16,20H,10-13H2,1-2H3;1H/t14-,16-;/m0./s1. The van der Waals surface area contributed by atoms with Crippen LogP contribution in [0.2, 0.25) is 0 Å². The first kappa shape index (κ1) is 17.8. The van der Waals surface area contributed by atoms with Crippen LogP contribution in [0.1, 0.15) is 25.3 Å². The van der Waals surface area contributed by atoms with Gasteiger partial charge in [0.05, 0.1) is 0 Å². The molecule has 2 aromatic carbocycles. The molecule has 124 valence electrons. The minimum absolute atomic E-state index is 0. The normalized spacial score (nSPS) is 20.8. The van der Waals surface area contributed by atoms with E-state index in [2.05, 4.69) is 54.7 Å². The Kier molecular flexibility index (Phi) is 6.03. The Labute approximate surface area is 144 Å². The number of hydrogen-bond acceptors (Lipinski definition) is 2. The second-order valence-corrected chi connectivity index (χ2v) is 6.41. The van der Waals surface area contributed by atoms with E-state index in [4.69, 9.17) is 0 Å². The van der Waals surface area contributed by atoms with Crippen molar-refractivity contribution in [1.82, 2.24) is 10.2 Å². The lowest BCUT2D eigenvalue weighted by Crippen LogP contribution is -2.42. The Morgan fingerprint density at radius 1 is 1.22 bits per heavy atom. The summed E-state index contributed by atoms with van der Waals surface area (Å²) in [7, 11) is 1.93. The van der Waals surface area contributed by atoms with E-state index in [-0.39, 0.29) is 24.2 Å². The van der Waals surface area contributed by atoms with Gasteiger partial charge in [0.15, 0.2) is 0 Å². The molecular formula is C19H25ClN2O. The third-order valence-corrected chi connectivity index (χ3v) is 4.64. The average Bonchev–Trinajstić information content (AvgIpc) is 2.54. The van der Waals surface area contributed by atoms with Crippen molar-refractivity contribution >= 4 is 29.1 Å². The van der Waals surface area contributed by atoms with E-state index in [0.717, 1.165) is 19.4 Å². The van der Waals surface area contributed by atoms with Gasteiger partial charge in [0.2, 0.25) is 5.91 Å². The van der Waals surface area contributed by atoms with Crippen LogP contribution in [0, 0.1) is 5.92 Å². The summed E-state index contributed by atoms with van der Waals surface area (Å²) >= 11 is 0. The van der Waals surface area contributed by atoms with Crippen molar-refractivity contribution in [3.8, 4) is 0 Å². The molecular weight excluding hydrogens is 308 g/mol. The summed E-state index contributed by atoms with van der Waals surface area (Å²) in [4.78, 5) is 14.6. The van der Waals surface area contributed by atoms with E-state index in [1.807, 2.05) is 11.9 Å². The van der Waals surface area contributed by atoms with Crippen molar-refractivity contribution < 1.29 is 4.79 Å². The van der Waals surface area contributed by atoms with E-state index < -0.39 is 0 Å². The Hall–Kier alpha value is -1.58. The van der Waals surface area contributed by atoms with Crippen LogP contribution in [0.4, 0.5) is 0 Å². The molecule has 2 atom stereocenters. The molecule has 0 bridgehead atoms. The van der Waals surface area contributed by atoms with E-state index in [1.54, 1.807) is 0 Å². The molecule has 0 unspecified atom stereocenters. The highest BCUT2D eigenvalue weighted by molar-refractivity contribution is 5.86. The number of piperidine rings is 1.